The van der Waals surface area contributed by atoms with Gasteiger partial charge < -0.3 is 5.32 Å². The third-order valence-electron chi connectivity index (χ3n) is 4.04. The van der Waals surface area contributed by atoms with Crippen LogP contribution < -0.4 is 5.32 Å². The van der Waals surface area contributed by atoms with Crippen LogP contribution in [-0.2, 0) is 5.41 Å². The van der Waals surface area contributed by atoms with Gasteiger partial charge in [0.25, 0.3) is 5.91 Å². The minimum atomic E-state index is -0.125. The van der Waals surface area contributed by atoms with E-state index in [2.05, 4.69) is 38.0 Å². The highest BCUT2D eigenvalue weighted by atomic mass is 35.5. The van der Waals surface area contributed by atoms with Crippen molar-refractivity contribution in [2.75, 3.05) is 0 Å². The fourth-order valence-corrected chi connectivity index (χ4v) is 2.57. The van der Waals surface area contributed by atoms with Gasteiger partial charge in [0.1, 0.15) is 5.15 Å². The number of pyridine rings is 1. The molecule has 1 fully saturated rings. The third kappa shape index (κ3) is 3.51. The maximum atomic E-state index is 12.3. The number of halogens is 1. The normalized spacial score (nSPS) is 17.4. The Bertz CT molecular complexity index is 504. The molecule has 1 aromatic heterocycles. The first-order valence-electron chi connectivity index (χ1n) is 7.26. The van der Waals surface area contributed by atoms with Crippen molar-refractivity contribution in [3.05, 3.63) is 28.5 Å². The van der Waals surface area contributed by atoms with E-state index in [9.17, 15) is 4.79 Å². The summed E-state index contributed by atoms with van der Waals surface area (Å²) in [5.41, 5.74) is 1.31. The second kappa shape index (κ2) is 5.72. The van der Waals surface area contributed by atoms with Crippen molar-refractivity contribution in [1.82, 2.24) is 10.3 Å². The highest BCUT2D eigenvalue weighted by molar-refractivity contribution is 6.29. The van der Waals surface area contributed by atoms with Crippen LogP contribution in [0.3, 0.4) is 0 Å². The van der Waals surface area contributed by atoms with Gasteiger partial charge in [-0.15, -0.1) is 0 Å². The standard InChI is InChI=1S/C16H23ClN2O/c1-10(11-6-5-7-11)18-15(20)12-8-13(16(2,3)4)19-14(17)9-12/h8-11H,5-7H2,1-4H3,(H,18,20). The number of aromatic nitrogens is 1. The Morgan fingerprint density at radius 2 is 2.05 bits per heavy atom. The molecule has 2 rings (SSSR count). The predicted octanol–water partition coefficient (Wildman–Crippen LogP) is 3.95. The summed E-state index contributed by atoms with van der Waals surface area (Å²) in [4.78, 5) is 16.6. The zero-order valence-corrected chi connectivity index (χ0v) is 13.4. The molecule has 1 aromatic rings. The largest absolute Gasteiger partial charge is 0.349 e. The molecule has 0 aliphatic heterocycles. The van der Waals surface area contributed by atoms with E-state index in [1.165, 1.54) is 19.3 Å². The first-order chi connectivity index (χ1) is 9.27. The zero-order chi connectivity index (χ0) is 14.9. The molecular formula is C16H23ClN2O. The van der Waals surface area contributed by atoms with Gasteiger partial charge in [-0.1, -0.05) is 38.8 Å². The lowest BCUT2D eigenvalue weighted by Gasteiger charge is -2.32. The van der Waals surface area contributed by atoms with Crippen molar-refractivity contribution in [3.63, 3.8) is 0 Å². The summed E-state index contributed by atoms with van der Waals surface area (Å²) in [5.74, 6) is 0.567. The Labute approximate surface area is 126 Å². The van der Waals surface area contributed by atoms with Crippen molar-refractivity contribution in [2.24, 2.45) is 5.92 Å². The van der Waals surface area contributed by atoms with Crippen LogP contribution >= 0.6 is 11.6 Å². The van der Waals surface area contributed by atoms with Crippen LogP contribution in [-0.4, -0.2) is 16.9 Å². The summed E-state index contributed by atoms with van der Waals surface area (Å²) in [7, 11) is 0. The molecule has 1 N–H and O–H groups in total. The van der Waals surface area contributed by atoms with E-state index in [4.69, 9.17) is 11.6 Å². The molecule has 1 aliphatic carbocycles. The SMILES string of the molecule is CC(NC(=O)c1cc(Cl)nc(C(C)(C)C)c1)C1CCC1. The minimum Gasteiger partial charge on any atom is -0.349 e. The molecule has 4 heteroatoms. The van der Waals surface area contributed by atoms with Crippen molar-refractivity contribution in [1.29, 1.82) is 0 Å². The molecule has 1 atom stereocenters. The van der Waals surface area contributed by atoms with E-state index in [1.54, 1.807) is 6.07 Å². The lowest BCUT2D eigenvalue weighted by molar-refractivity contribution is 0.0909. The average Bonchev–Trinajstić information content (AvgIpc) is 2.24. The summed E-state index contributed by atoms with van der Waals surface area (Å²) in [6.07, 6.45) is 3.71. The van der Waals surface area contributed by atoms with Crippen LogP contribution in [0, 0.1) is 5.92 Å². The van der Waals surface area contributed by atoms with Gasteiger partial charge in [0, 0.05) is 22.7 Å². The van der Waals surface area contributed by atoms with Crippen molar-refractivity contribution < 1.29 is 4.79 Å². The van der Waals surface area contributed by atoms with Crippen molar-refractivity contribution in [3.8, 4) is 0 Å². The van der Waals surface area contributed by atoms with Crippen LogP contribution in [0.4, 0.5) is 0 Å². The molecule has 1 aliphatic rings. The summed E-state index contributed by atoms with van der Waals surface area (Å²) in [6, 6.07) is 3.70. The number of nitrogens with one attached hydrogen (secondary N) is 1. The van der Waals surface area contributed by atoms with Gasteiger partial charge in [0.05, 0.1) is 0 Å². The topological polar surface area (TPSA) is 42.0 Å². The van der Waals surface area contributed by atoms with Crippen LogP contribution in [0.25, 0.3) is 0 Å². The maximum absolute atomic E-state index is 12.3. The molecule has 0 aromatic carbocycles. The number of carbonyl (C=O) groups excluding carboxylic acids is 1. The van der Waals surface area contributed by atoms with E-state index in [0.29, 0.717) is 16.6 Å². The van der Waals surface area contributed by atoms with Gasteiger partial charge in [0.15, 0.2) is 0 Å². The summed E-state index contributed by atoms with van der Waals surface area (Å²) < 4.78 is 0. The molecule has 1 amide bonds. The van der Waals surface area contributed by atoms with Crippen molar-refractivity contribution >= 4 is 17.5 Å². The van der Waals surface area contributed by atoms with Gasteiger partial charge in [-0.2, -0.15) is 0 Å². The Morgan fingerprint density at radius 3 is 2.55 bits per heavy atom. The fourth-order valence-electron chi connectivity index (χ4n) is 2.36. The molecule has 1 heterocycles. The first kappa shape index (κ1) is 15.3. The number of hydrogen-bond acceptors (Lipinski definition) is 2. The predicted molar refractivity (Wildman–Crippen MR) is 82.2 cm³/mol. The third-order valence-corrected chi connectivity index (χ3v) is 4.23. The Balaban J connectivity index is 2.14. The number of hydrogen-bond donors (Lipinski definition) is 1. The lowest BCUT2D eigenvalue weighted by atomic mass is 9.80. The second-order valence-corrected chi connectivity index (χ2v) is 7.15. The highest BCUT2D eigenvalue weighted by Crippen LogP contribution is 2.29. The molecule has 1 unspecified atom stereocenters. The average molecular weight is 295 g/mol. The molecule has 0 bridgehead atoms. The molecule has 0 saturated heterocycles. The van der Waals surface area contributed by atoms with Gasteiger partial charge in [-0.25, -0.2) is 4.98 Å². The second-order valence-electron chi connectivity index (χ2n) is 6.77. The van der Waals surface area contributed by atoms with Gasteiger partial charge in [-0.3, -0.25) is 4.79 Å². The molecule has 3 nitrogen and oxygen atoms in total. The van der Waals surface area contributed by atoms with Crippen LogP contribution in [0.15, 0.2) is 12.1 Å². The quantitative estimate of drug-likeness (QED) is 0.858. The lowest BCUT2D eigenvalue weighted by Crippen LogP contribution is -2.40. The smallest absolute Gasteiger partial charge is 0.251 e. The Kier molecular flexibility index (Phi) is 4.38. The summed E-state index contributed by atoms with van der Waals surface area (Å²) in [5, 5.41) is 3.45. The molecule has 1 saturated carbocycles. The first-order valence-corrected chi connectivity index (χ1v) is 7.64. The summed E-state index contributed by atoms with van der Waals surface area (Å²) in [6.45, 7) is 8.26. The Hall–Kier alpha value is -1.09. The summed E-state index contributed by atoms with van der Waals surface area (Å²) >= 11 is 6.05. The monoisotopic (exact) mass is 294 g/mol. The molecule has 20 heavy (non-hydrogen) atoms. The van der Waals surface area contributed by atoms with Gasteiger partial charge >= 0.3 is 0 Å². The minimum absolute atomic E-state index is 0.0563. The zero-order valence-electron chi connectivity index (χ0n) is 12.7. The maximum Gasteiger partial charge on any atom is 0.251 e. The van der Waals surface area contributed by atoms with E-state index in [-0.39, 0.29) is 17.4 Å². The number of amides is 1. The number of rotatable bonds is 3. The van der Waals surface area contributed by atoms with Crippen LogP contribution in [0.5, 0.6) is 0 Å². The van der Waals surface area contributed by atoms with E-state index < -0.39 is 0 Å². The molecule has 0 radical (unpaired) electrons. The van der Waals surface area contributed by atoms with Crippen LogP contribution in [0.1, 0.15) is 63.0 Å². The van der Waals surface area contributed by atoms with E-state index in [1.807, 2.05) is 6.07 Å². The fraction of sp³-hybridized carbons (Fsp3) is 0.625. The number of carbonyl (C=O) groups is 1. The molecular weight excluding hydrogens is 272 g/mol. The van der Waals surface area contributed by atoms with E-state index in [0.717, 1.165) is 5.69 Å². The highest BCUT2D eigenvalue weighted by Gasteiger charge is 2.26. The number of nitrogens with zero attached hydrogens (tertiary/aromatic N) is 1. The van der Waals surface area contributed by atoms with Crippen LogP contribution in [0.2, 0.25) is 5.15 Å². The molecule has 0 spiro atoms. The Morgan fingerprint density at radius 1 is 1.40 bits per heavy atom. The van der Waals surface area contributed by atoms with Gasteiger partial charge in [0.2, 0.25) is 0 Å². The van der Waals surface area contributed by atoms with Crippen molar-refractivity contribution in [2.45, 2.75) is 58.4 Å². The molecule has 110 valence electrons. The van der Waals surface area contributed by atoms with Gasteiger partial charge in [-0.05, 0) is 37.8 Å². The van der Waals surface area contributed by atoms with E-state index >= 15 is 0 Å².